The van der Waals surface area contributed by atoms with E-state index >= 15 is 0 Å². The number of carboxylic acids is 1. The van der Waals surface area contributed by atoms with Crippen molar-refractivity contribution in [2.75, 3.05) is 13.6 Å². The summed E-state index contributed by atoms with van der Waals surface area (Å²) in [7, 11) is 1.36. The Labute approximate surface area is 115 Å². The highest BCUT2D eigenvalue weighted by Crippen LogP contribution is 2.42. The molecule has 4 nitrogen and oxygen atoms in total. The van der Waals surface area contributed by atoms with Crippen LogP contribution < -0.4 is 0 Å². The van der Waals surface area contributed by atoms with Crippen molar-refractivity contribution in [3.63, 3.8) is 0 Å². The van der Waals surface area contributed by atoms with E-state index in [2.05, 4.69) is 0 Å². The first-order chi connectivity index (χ1) is 9.14. The van der Waals surface area contributed by atoms with Gasteiger partial charge in [-0.3, -0.25) is 9.59 Å². The molecule has 1 amide bonds. The van der Waals surface area contributed by atoms with E-state index in [1.54, 1.807) is 0 Å². The molecular formula is C13H20F3NO3. The zero-order valence-corrected chi connectivity index (χ0v) is 11.6. The van der Waals surface area contributed by atoms with Gasteiger partial charge in [0, 0.05) is 19.5 Å². The van der Waals surface area contributed by atoms with Crippen LogP contribution in [0.5, 0.6) is 0 Å². The third kappa shape index (κ3) is 4.11. The first kappa shape index (κ1) is 16.8. The van der Waals surface area contributed by atoms with Crippen molar-refractivity contribution in [2.24, 2.45) is 17.8 Å². The van der Waals surface area contributed by atoms with Crippen LogP contribution in [0.4, 0.5) is 13.2 Å². The third-order valence-corrected chi connectivity index (χ3v) is 3.85. The summed E-state index contributed by atoms with van der Waals surface area (Å²) in [6, 6.07) is 0. The molecule has 0 bridgehead atoms. The van der Waals surface area contributed by atoms with Crippen molar-refractivity contribution in [1.29, 1.82) is 0 Å². The minimum atomic E-state index is -4.37. The van der Waals surface area contributed by atoms with Crippen LogP contribution in [0.25, 0.3) is 0 Å². The second-order valence-electron chi connectivity index (χ2n) is 5.50. The third-order valence-electron chi connectivity index (χ3n) is 3.85. The summed E-state index contributed by atoms with van der Waals surface area (Å²) in [6.07, 6.45) is -3.11. The van der Waals surface area contributed by atoms with E-state index in [1.807, 2.05) is 0 Å². The van der Waals surface area contributed by atoms with E-state index < -0.39 is 35.8 Å². The van der Waals surface area contributed by atoms with Crippen LogP contribution in [0, 0.1) is 17.8 Å². The van der Waals surface area contributed by atoms with Gasteiger partial charge in [0.05, 0.1) is 11.8 Å². The van der Waals surface area contributed by atoms with Crippen molar-refractivity contribution < 1.29 is 27.9 Å². The molecule has 0 spiro atoms. The molecule has 3 unspecified atom stereocenters. The van der Waals surface area contributed by atoms with Gasteiger partial charge in [0.15, 0.2) is 0 Å². The van der Waals surface area contributed by atoms with Gasteiger partial charge < -0.3 is 10.0 Å². The molecule has 0 saturated heterocycles. The molecule has 20 heavy (non-hydrogen) atoms. The fourth-order valence-electron chi connectivity index (χ4n) is 2.68. The van der Waals surface area contributed by atoms with Crippen LogP contribution in [0.3, 0.4) is 0 Å². The number of aliphatic carboxylic acids is 1. The van der Waals surface area contributed by atoms with E-state index in [4.69, 9.17) is 5.11 Å². The zero-order chi connectivity index (χ0) is 15.5. The monoisotopic (exact) mass is 295 g/mol. The molecule has 7 heteroatoms. The van der Waals surface area contributed by atoms with E-state index in [0.29, 0.717) is 12.8 Å². The number of hydrogen-bond acceptors (Lipinski definition) is 2. The quantitative estimate of drug-likeness (QED) is 0.867. The van der Waals surface area contributed by atoms with Gasteiger partial charge >= 0.3 is 12.1 Å². The molecule has 0 radical (unpaired) electrons. The smallest absolute Gasteiger partial charge is 0.392 e. The van der Waals surface area contributed by atoms with Crippen molar-refractivity contribution in [2.45, 2.75) is 38.8 Å². The van der Waals surface area contributed by atoms with Gasteiger partial charge in [-0.25, -0.2) is 0 Å². The second-order valence-corrected chi connectivity index (χ2v) is 5.50. The number of carboxylic acid groups (broad SMARTS) is 1. The normalized spacial score (nSPS) is 25.1. The van der Waals surface area contributed by atoms with Gasteiger partial charge in [0.25, 0.3) is 0 Å². The molecule has 0 heterocycles. The van der Waals surface area contributed by atoms with Crippen LogP contribution in [-0.2, 0) is 9.59 Å². The van der Waals surface area contributed by atoms with Crippen LogP contribution in [-0.4, -0.2) is 41.7 Å². The number of carbonyl (C=O) groups excluding carboxylic acids is 1. The molecule has 0 aromatic heterocycles. The van der Waals surface area contributed by atoms with Gasteiger partial charge in [-0.2, -0.15) is 13.2 Å². The maximum atomic E-state index is 12.9. The first-order valence-electron chi connectivity index (χ1n) is 6.69. The van der Waals surface area contributed by atoms with Crippen molar-refractivity contribution in [1.82, 2.24) is 4.90 Å². The lowest BCUT2D eigenvalue weighted by molar-refractivity contribution is -0.200. The molecule has 1 N–H and O–H groups in total. The maximum absolute atomic E-state index is 12.9. The van der Waals surface area contributed by atoms with Gasteiger partial charge in [-0.1, -0.05) is 19.8 Å². The van der Waals surface area contributed by atoms with Crippen LogP contribution in [0.15, 0.2) is 0 Å². The maximum Gasteiger partial charge on any atom is 0.392 e. The van der Waals surface area contributed by atoms with Gasteiger partial charge in [-0.15, -0.1) is 0 Å². The van der Waals surface area contributed by atoms with Crippen LogP contribution >= 0.6 is 0 Å². The minimum absolute atomic E-state index is 0.0256. The summed E-state index contributed by atoms with van der Waals surface area (Å²) in [5, 5.41) is 8.79. The number of nitrogens with zero attached hydrogens (tertiary/aromatic N) is 1. The second kappa shape index (κ2) is 6.45. The number of carbonyl (C=O) groups is 2. The Morgan fingerprint density at radius 3 is 2.35 bits per heavy atom. The molecule has 0 aromatic carbocycles. The fourth-order valence-corrected chi connectivity index (χ4v) is 2.68. The Hall–Kier alpha value is -1.27. The Kier molecular flexibility index (Phi) is 5.42. The Balaban J connectivity index is 2.75. The summed E-state index contributed by atoms with van der Waals surface area (Å²) < 4.78 is 38.8. The lowest BCUT2D eigenvalue weighted by Crippen LogP contribution is -2.44. The molecule has 1 fully saturated rings. The van der Waals surface area contributed by atoms with E-state index in [1.165, 1.54) is 14.0 Å². The predicted octanol–water partition coefficient (Wildman–Crippen LogP) is 2.53. The molecule has 0 aliphatic heterocycles. The number of amides is 1. The van der Waals surface area contributed by atoms with Gasteiger partial charge in [0.2, 0.25) is 5.91 Å². The number of halogens is 3. The first-order valence-corrected chi connectivity index (χ1v) is 6.69. The standard InChI is InChI=1S/C13H20F3NO3/c1-8(12(19)20)7-17(2)11(18)9-5-3-4-6-10(9)13(14,15)16/h8-10H,3-7H2,1-2H3,(H,19,20). The summed E-state index contributed by atoms with van der Waals surface area (Å²) in [4.78, 5) is 24.0. The van der Waals surface area contributed by atoms with Crippen molar-refractivity contribution in [3.8, 4) is 0 Å². The molecular weight excluding hydrogens is 275 g/mol. The van der Waals surface area contributed by atoms with E-state index in [9.17, 15) is 22.8 Å². The molecule has 1 aliphatic rings. The topological polar surface area (TPSA) is 57.6 Å². The van der Waals surface area contributed by atoms with Gasteiger partial charge in [-0.05, 0) is 12.8 Å². The zero-order valence-electron chi connectivity index (χ0n) is 11.6. The Morgan fingerprint density at radius 1 is 1.30 bits per heavy atom. The van der Waals surface area contributed by atoms with E-state index in [-0.39, 0.29) is 19.4 Å². The number of hydrogen-bond donors (Lipinski definition) is 1. The lowest BCUT2D eigenvalue weighted by atomic mass is 9.78. The highest BCUT2D eigenvalue weighted by Gasteiger charge is 2.48. The molecule has 1 aliphatic carbocycles. The van der Waals surface area contributed by atoms with Crippen molar-refractivity contribution >= 4 is 11.9 Å². The summed E-state index contributed by atoms with van der Waals surface area (Å²) in [5.41, 5.74) is 0. The van der Waals surface area contributed by atoms with E-state index in [0.717, 1.165) is 4.90 Å². The highest BCUT2D eigenvalue weighted by atomic mass is 19.4. The predicted molar refractivity (Wildman–Crippen MR) is 65.9 cm³/mol. The molecule has 1 saturated carbocycles. The van der Waals surface area contributed by atoms with Crippen LogP contribution in [0.2, 0.25) is 0 Å². The molecule has 0 aromatic rings. The summed E-state index contributed by atoms with van der Waals surface area (Å²) in [5.74, 6) is -5.14. The SMILES string of the molecule is CC(CN(C)C(=O)C1CCCCC1C(F)(F)F)C(=O)O. The van der Waals surface area contributed by atoms with Crippen molar-refractivity contribution in [3.05, 3.63) is 0 Å². The Bertz CT molecular complexity index is 370. The molecule has 116 valence electrons. The fraction of sp³-hybridized carbons (Fsp3) is 0.846. The molecule has 3 atom stereocenters. The molecule has 1 rings (SSSR count). The largest absolute Gasteiger partial charge is 0.481 e. The number of rotatable bonds is 4. The average Bonchev–Trinajstić information content (AvgIpc) is 2.36. The summed E-state index contributed by atoms with van der Waals surface area (Å²) >= 11 is 0. The highest BCUT2D eigenvalue weighted by molar-refractivity contribution is 5.80. The number of alkyl halides is 3. The average molecular weight is 295 g/mol. The Morgan fingerprint density at radius 2 is 1.85 bits per heavy atom. The lowest BCUT2D eigenvalue weighted by Gasteiger charge is -2.34. The summed E-state index contributed by atoms with van der Waals surface area (Å²) in [6.45, 7) is 1.35. The van der Waals surface area contributed by atoms with Gasteiger partial charge in [0.1, 0.15) is 0 Å². The van der Waals surface area contributed by atoms with Crippen LogP contribution in [0.1, 0.15) is 32.6 Å². The minimum Gasteiger partial charge on any atom is -0.481 e.